The Kier molecular flexibility index (Phi) is 10.5. The van der Waals surface area contributed by atoms with E-state index in [1.165, 1.54) is 38.5 Å². The lowest BCUT2D eigenvalue weighted by atomic mass is 9.86. The largest absolute Gasteiger partial charge is 0.357 e. The Morgan fingerprint density at radius 1 is 1.17 bits per heavy atom. The monoisotopic (exact) mass is 324 g/mol. The summed E-state index contributed by atoms with van der Waals surface area (Å²) in [7, 11) is 0. The highest BCUT2D eigenvalue weighted by Crippen LogP contribution is 2.27. The maximum Gasteiger partial charge on any atom is 0.221 e. The molecule has 1 rings (SSSR count). The number of carbonyl (C=O) groups is 1. The SMILES string of the molecule is CCNC(=NCCCC1CCCCC1)NCCC(=O)NC(C)C. The Morgan fingerprint density at radius 2 is 1.91 bits per heavy atom. The summed E-state index contributed by atoms with van der Waals surface area (Å²) in [6.45, 7) is 8.33. The van der Waals surface area contributed by atoms with E-state index in [9.17, 15) is 4.79 Å². The van der Waals surface area contributed by atoms with Crippen LogP contribution in [-0.4, -0.2) is 37.5 Å². The van der Waals surface area contributed by atoms with Crippen molar-refractivity contribution in [2.24, 2.45) is 10.9 Å². The molecule has 0 aromatic rings. The molecule has 1 aliphatic rings. The van der Waals surface area contributed by atoms with Crippen molar-refractivity contribution in [3.05, 3.63) is 0 Å². The molecule has 0 radical (unpaired) electrons. The van der Waals surface area contributed by atoms with Crippen LogP contribution in [0.3, 0.4) is 0 Å². The van der Waals surface area contributed by atoms with Crippen LogP contribution in [0.15, 0.2) is 4.99 Å². The zero-order chi connectivity index (χ0) is 16.9. The lowest BCUT2D eigenvalue weighted by Crippen LogP contribution is -2.40. The number of hydrogen-bond donors (Lipinski definition) is 3. The number of aliphatic imine (C=N–C) groups is 1. The number of carbonyl (C=O) groups excluding carboxylic acids is 1. The van der Waals surface area contributed by atoms with Crippen LogP contribution >= 0.6 is 0 Å². The molecule has 0 spiro atoms. The molecule has 1 fully saturated rings. The first kappa shape index (κ1) is 19.8. The highest BCUT2D eigenvalue weighted by Gasteiger charge is 2.12. The normalized spacial score (nSPS) is 16.4. The minimum atomic E-state index is 0.0839. The van der Waals surface area contributed by atoms with Crippen molar-refractivity contribution in [2.75, 3.05) is 19.6 Å². The number of hydrogen-bond acceptors (Lipinski definition) is 2. The molecule has 0 atom stereocenters. The van der Waals surface area contributed by atoms with Crippen molar-refractivity contribution < 1.29 is 4.79 Å². The van der Waals surface area contributed by atoms with Gasteiger partial charge in [0.05, 0.1) is 0 Å². The van der Waals surface area contributed by atoms with Crippen LogP contribution in [0.5, 0.6) is 0 Å². The van der Waals surface area contributed by atoms with Crippen LogP contribution < -0.4 is 16.0 Å². The van der Waals surface area contributed by atoms with E-state index in [1.54, 1.807) is 0 Å². The Hall–Kier alpha value is -1.26. The second-order valence-electron chi connectivity index (χ2n) is 6.81. The van der Waals surface area contributed by atoms with Gasteiger partial charge in [0.25, 0.3) is 0 Å². The molecule has 0 saturated heterocycles. The predicted octanol–water partition coefficient (Wildman–Crippen LogP) is 2.82. The van der Waals surface area contributed by atoms with Crippen molar-refractivity contribution in [3.8, 4) is 0 Å². The lowest BCUT2D eigenvalue weighted by molar-refractivity contribution is -0.121. The third-order valence-corrected chi connectivity index (χ3v) is 4.20. The average Bonchev–Trinajstić information content (AvgIpc) is 2.51. The zero-order valence-electron chi connectivity index (χ0n) is 15.3. The molecule has 0 aromatic heterocycles. The van der Waals surface area contributed by atoms with Crippen molar-refractivity contribution >= 4 is 11.9 Å². The van der Waals surface area contributed by atoms with Crippen LogP contribution in [0.4, 0.5) is 0 Å². The van der Waals surface area contributed by atoms with Crippen molar-refractivity contribution in [3.63, 3.8) is 0 Å². The van der Waals surface area contributed by atoms with Crippen LogP contribution in [0.2, 0.25) is 0 Å². The summed E-state index contributed by atoms with van der Waals surface area (Å²) < 4.78 is 0. The molecule has 5 nitrogen and oxygen atoms in total. The van der Waals surface area contributed by atoms with E-state index in [0.29, 0.717) is 13.0 Å². The number of amides is 1. The van der Waals surface area contributed by atoms with E-state index in [-0.39, 0.29) is 11.9 Å². The van der Waals surface area contributed by atoms with Gasteiger partial charge in [-0.1, -0.05) is 32.1 Å². The highest BCUT2D eigenvalue weighted by molar-refractivity contribution is 5.81. The maximum atomic E-state index is 11.6. The van der Waals surface area contributed by atoms with Crippen LogP contribution in [0, 0.1) is 5.92 Å². The van der Waals surface area contributed by atoms with Crippen LogP contribution in [0.25, 0.3) is 0 Å². The van der Waals surface area contributed by atoms with E-state index >= 15 is 0 Å². The first-order chi connectivity index (χ1) is 11.1. The quantitative estimate of drug-likeness (QED) is 0.347. The predicted molar refractivity (Wildman–Crippen MR) is 97.7 cm³/mol. The van der Waals surface area contributed by atoms with Crippen molar-refractivity contribution in [1.82, 2.24) is 16.0 Å². The minimum Gasteiger partial charge on any atom is -0.357 e. The van der Waals surface area contributed by atoms with Gasteiger partial charge in [0.15, 0.2) is 5.96 Å². The first-order valence-electron chi connectivity index (χ1n) is 9.43. The lowest BCUT2D eigenvalue weighted by Gasteiger charge is -2.20. The van der Waals surface area contributed by atoms with Gasteiger partial charge in [0, 0.05) is 32.1 Å². The van der Waals surface area contributed by atoms with Gasteiger partial charge in [0.1, 0.15) is 0 Å². The van der Waals surface area contributed by atoms with E-state index < -0.39 is 0 Å². The molecule has 1 aliphatic carbocycles. The Morgan fingerprint density at radius 3 is 2.57 bits per heavy atom. The highest BCUT2D eigenvalue weighted by atomic mass is 16.1. The molecular weight excluding hydrogens is 288 g/mol. The molecule has 134 valence electrons. The number of guanidine groups is 1. The number of rotatable bonds is 9. The van der Waals surface area contributed by atoms with Gasteiger partial charge < -0.3 is 16.0 Å². The van der Waals surface area contributed by atoms with Gasteiger partial charge in [-0.2, -0.15) is 0 Å². The molecule has 1 saturated carbocycles. The molecule has 0 unspecified atom stereocenters. The third-order valence-electron chi connectivity index (χ3n) is 4.20. The smallest absolute Gasteiger partial charge is 0.221 e. The summed E-state index contributed by atoms with van der Waals surface area (Å²) in [5.41, 5.74) is 0. The Bertz CT molecular complexity index is 349. The molecule has 23 heavy (non-hydrogen) atoms. The molecule has 0 bridgehead atoms. The molecule has 0 heterocycles. The number of nitrogens with one attached hydrogen (secondary N) is 3. The molecule has 0 aliphatic heterocycles. The van der Waals surface area contributed by atoms with E-state index in [2.05, 4.69) is 27.9 Å². The van der Waals surface area contributed by atoms with Gasteiger partial charge in [-0.3, -0.25) is 9.79 Å². The van der Waals surface area contributed by atoms with E-state index in [4.69, 9.17) is 0 Å². The minimum absolute atomic E-state index is 0.0839. The molecule has 0 aromatic carbocycles. The summed E-state index contributed by atoms with van der Waals surface area (Å²) in [6, 6.07) is 0.198. The summed E-state index contributed by atoms with van der Waals surface area (Å²) in [5.74, 6) is 1.84. The summed E-state index contributed by atoms with van der Waals surface area (Å²) >= 11 is 0. The first-order valence-corrected chi connectivity index (χ1v) is 9.43. The summed E-state index contributed by atoms with van der Waals surface area (Å²) in [6.07, 6.45) is 10.0. The Balaban J connectivity index is 2.19. The standard InChI is InChI=1S/C18H36N4O/c1-4-19-18(21-14-12-17(23)22-15(2)3)20-13-8-11-16-9-6-5-7-10-16/h15-16H,4-14H2,1-3H3,(H,22,23)(H2,19,20,21). The second-order valence-corrected chi connectivity index (χ2v) is 6.81. The van der Waals surface area contributed by atoms with Gasteiger partial charge >= 0.3 is 0 Å². The van der Waals surface area contributed by atoms with Crippen LogP contribution in [0.1, 0.15) is 72.1 Å². The van der Waals surface area contributed by atoms with Crippen molar-refractivity contribution in [1.29, 1.82) is 0 Å². The molecule has 1 amide bonds. The molecule has 3 N–H and O–H groups in total. The second kappa shape index (κ2) is 12.2. The van der Waals surface area contributed by atoms with Gasteiger partial charge in [-0.15, -0.1) is 0 Å². The fraction of sp³-hybridized carbons (Fsp3) is 0.889. The molecule has 5 heteroatoms. The number of nitrogens with zero attached hydrogens (tertiary/aromatic N) is 1. The Labute approximate surface area is 142 Å². The maximum absolute atomic E-state index is 11.6. The van der Waals surface area contributed by atoms with Crippen molar-refractivity contribution in [2.45, 2.75) is 78.2 Å². The van der Waals surface area contributed by atoms with E-state index in [1.807, 2.05) is 13.8 Å². The zero-order valence-corrected chi connectivity index (χ0v) is 15.3. The van der Waals surface area contributed by atoms with Gasteiger partial charge in [-0.05, 0) is 39.5 Å². The summed E-state index contributed by atoms with van der Waals surface area (Å²) in [5, 5.41) is 9.38. The fourth-order valence-electron chi connectivity index (χ4n) is 3.08. The van der Waals surface area contributed by atoms with E-state index in [0.717, 1.165) is 31.4 Å². The molecular formula is C18H36N4O. The third kappa shape index (κ3) is 10.2. The average molecular weight is 325 g/mol. The summed E-state index contributed by atoms with van der Waals surface area (Å²) in [4.78, 5) is 16.2. The topological polar surface area (TPSA) is 65.5 Å². The van der Waals surface area contributed by atoms with Gasteiger partial charge in [-0.25, -0.2) is 0 Å². The van der Waals surface area contributed by atoms with Gasteiger partial charge in [0.2, 0.25) is 5.91 Å². The van der Waals surface area contributed by atoms with Crippen LogP contribution in [-0.2, 0) is 4.79 Å². The fourth-order valence-corrected chi connectivity index (χ4v) is 3.08.